The number of carboxylic acid groups (broad SMARTS) is 1. The van der Waals surface area contributed by atoms with Crippen molar-refractivity contribution in [2.45, 2.75) is 25.6 Å². The summed E-state index contributed by atoms with van der Waals surface area (Å²) in [4.78, 5) is 38.8. The maximum atomic E-state index is 13.1. The number of amides is 1. The fourth-order valence-corrected chi connectivity index (χ4v) is 3.91. The molecule has 0 aliphatic carbocycles. The molecule has 1 aliphatic heterocycles. The van der Waals surface area contributed by atoms with E-state index < -0.39 is 17.8 Å². The van der Waals surface area contributed by atoms with Crippen molar-refractivity contribution in [2.24, 2.45) is 5.92 Å². The van der Waals surface area contributed by atoms with Gasteiger partial charge in [-0.25, -0.2) is 0 Å². The van der Waals surface area contributed by atoms with Crippen molar-refractivity contribution in [3.05, 3.63) is 41.0 Å². The van der Waals surface area contributed by atoms with Gasteiger partial charge in [0.15, 0.2) is 5.78 Å². The maximum absolute atomic E-state index is 13.1. The van der Waals surface area contributed by atoms with Gasteiger partial charge in [0.1, 0.15) is 11.1 Å². The first-order valence-electron chi connectivity index (χ1n) is 8.27. The molecule has 1 atom stereocenters. The second kappa shape index (κ2) is 8.40. The number of carboxylic acids is 1. The van der Waals surface area contributed by atoms with Gasteiger partial charge in [0.05, 0.1) is 13.5 Å². The number of carbonyl (C=O) groups excluding carboxylic acids is 2. The fourth-order valence-electron chi connectivity index (χ4n) is 2.99. The van der Waals surface area contributed by atoms with Crippen molar-refractivity contribution in [1.82, 2.24) is 4.90 Å². The van der Waals surface area contributed by atoms with Crippen molar-refractivity contribution in [1.29, 1.82) is 0 Å². The molecule has 0 aromatic heterocycles. The Morgan fingerprint density at radius 1 is 1.27 bits per heavy atom. The molecule has 0 saturated carbocycles. The van der Waals surface area contributed by atoms with E-state index in [1.54, 1.807) is 29.2 Å². The number of carbonyl (C=O) groups is 3. The van der Waals surface area contributed by atoms with E-state index >= 15 is 0 Å². The molecule has 1 aliphatic rings. The molecule has 1 heterocycles. The lowest BCUT2D eigenvalue weighted by Gasteiger charge is -2.27. The highest BCUT2D eigenvalue weighted by Gasteiger charge is 2.42. The summed E-state index contributed by atoms with van der Waals surface area (Å²) in [6.45, 7) is 4.42. The molecular formula is C19H23NO5S. The Labute approximate surface area is 157 Å². The first-order chi connectivity index (χ1) is 12.3. The summed E-state index contributed by atoms with van der Waals surface area (Å²) in [5.74, 6) is -0.985. The Kier molecular flexibility index (Phi) is 6.47. The molecule has 6 nitrogen and oxygen atoms in total. The minimum atomic E-state index is -1.13. The number of ketones is 1. The van der Waals surface area contributed by atoms with Gasteiger partial charge in [-0.05, 0) is 36.4 Å². The summed E-state index contributed by atoms with van der Waals surface area (Å²) in [5, 5.41) is 8.74. The molecule has 2 rings (SSSR count). The van der Waals surface area contributed by atoms with E-state index in [-0.39, 0.29) is 28.8 Å². The largest absolute Gasteiger partial charge is 0.497 e. The van der Waals surface area contributed by atoms with Crippen LogP contribution in [0.5, 0.6) is 5.75 Å². The zero-order chi connectivity index (χ0) is 19.4. The monoisotopic (exact) mass is 377 g/mol. The minimum Gasteiger partial charge on any atom is -0.497 e. The Morgan fingerprint density at radius 2 is 1.88 bits per heavy atom. The number of methoxy groups -OCH3 is 1. The van der Waals surface area contributed by atoms with Crippen LogP contribution >= 0.6 is 11.8 Å². The Balaban J connectivity index is 2.49. The number of hydrogen-bond donors (Lipinski definition) is 1. The third kappa shape index (κ3) is 4.09. The quantitative estimate of drug-likeness (QED) is 0.702. The molecule has 0 spiro atoms. The zero-order valence-electron chi connectivity index (χ0n) is 15.3. The van der Waals surface area contributed by atoms with Crippen LogP contribution in [-0.4, -0.2) is 53.0 Å². The summed E-state index contributed by atoms with van der Waals surface area (Å²) in [6.07, 6.45) is 1.36. The zero-order valence-corrected chi connectivity index (χ0v) is 16.1. The molecule has 0 bridgehead atoms. The lowest BCUT2D eigenvalue weighted by Crippen LogP contribution is -2.37. The highest BCUT2D eigenvalue weighted by molar-refractivity contribution is 7.99. The molecule has 26 heavy (non-hydrogen) atoms. The topological polar surface area (TPSA) is 83.9 Å². The van der Waals surface area contributed by atoms with E-state index in [1.807, 2.05) is 20.1 Å². The van der Waals surface area contributed by atoms with Gasteiger partial charge in [0.2, 0.25) is 0 Å². The minimum absolute atomic E-state index is 0.0818. The van der Waals surface area contributed by atoms with E-state index in [4.69, 9.17) is 4.74 Å². The smallest absolute Gasteiger partial charge is 0.308 e. The molecule has 1 unspecified atom stereocenters. The Bertz CT molecular complexity index is 739. The second-order valence-electron chi connectivity index (χ2n) is 6.46. The number of benzene rings is 1. The third-order valence-corrected chi connectivity index (χ3v) is 5.02. The van der Waals surface area contributed by atoms with Gasteiger partial charge in [-0.3, -0.25) is 14.4 Å². The number of nitrogens with zero attached hydrogens (tertiary/aromatic N) is 1. The SMILES string of the molecule is COc1ccc(C(=O)C2=C(CC(=O)O)C(=O)N(CC(C)C)C2SC)cc1. The van der Waals surface area contributed by atoms with Crippen molar-refractivity contribution < 1.29 is 24.2 Å². The fraction of sp³-hybridized carbons (Fsp3) is 0.421. The van der Waals surface area contributed by atoms with Crippen molar-refractivity contribution in [3.8, 4) is 5.75 Å². The predicted octanol–water partition coefficient (Wildman–Crippen LogP) is 2.84. The highest BCUT2D eigenvalue weighted by atomic mass is 32.2. The van der Waals surface area contributed by atoms with Crippen LogP contribution in [0.4, 0.5) is 0 Å². The predicted molar refractivity (Wildman–Crippen MR) is 100 cm³/mol. The molecule has 1 aromatic rings. The average Bonchev–Trinajstić information content (AvgIpc) is 2.85. The van der Waals surface area contributed by atoms with E-state index in [0.29, 0.717) is 17.9 Å². The van der Waals surface area contributed by atoms with Crippen LogP contribution in [0.3, 0.4) is 0 Å². The molecule has 7 heteroatoms. The normalized spacial score (nSPS) is 17.2. The number of Topliss-reactive ketones (excluding diaryl/α,β-unsaturated/α-hetero) is 1. The number of rotatable bonds is 8. The maximum Gasteiger partial charge on any atom is 0.308 e. The number of aliphatic carboxylic acids is 1. The van der Waals surface area contributed by atoms with Gasteiger partial charge in [0, 0.05) is 23.3 Å². The summed E-state index contributed by atoms with van der Waals surface area (Å²) >= 11 is 1.36. The number of hydrogen-bond acceptors (Lipinski definition) is 5. The molecule has 140 valence electrons. The van der Waals surface area contributed by atoms with Gasteiger partial charge < -0.3 is 14.7 Å². The van der Waals surface area contributed by atoms with Crippen LogP contribution in [0, 0.1) is 5.92 Å². The standard InChI is InChI=1S/C19H23NO5S/c1-11(2)10-20-18(24)14(9-15(21)22)16(19(20)26-4)17(23)12-5-7-13(25-3)8-6-12/h5-8,11,19H,9-10H2,1-4H3,(H,21,22). The average molecular weight is 377 g/mol. The molecule has 1 aromatic carbocycles. The molecule has 1 N–H and O–H groups in total. The van der Waals surface area contributed by atoms with Crippen molar-refractivity contribution in [2.75, 3.05) is 19.9 Å². The lowest BCUT2D eigenvalue weighted by molar-refractivity contribution is -0.137. The second-order valence-corrected chi connectivity index (χ2v) is 7.38. The summed E-state index contributed by atoms with van der Waals surface area (Å²) in [7, 11) is 1.54. The van der Waals surface area contributed by atoms with Gasteiger partial charge in [0.25, 0.3) is 5.91 Å². The summed E-state index contributed by atoms with van der Waals surface area (Å²) in [6, 6.07) is 6.59. The van der Waals surface area contributed by atoms with E-state index in [1.165, 1.54) is 18.9 Å². The van der Waals surface area contributed by atoms with Crippen molar-refractivity contribution >= 4 is 29.4 Å². The van der Waals surface area contributed by atoms with Gasteiger partial charge in [-0.15, -0.1) is 11.8 Å². The Morgan fingerprint density at radius 3 is 2.35 bits per heavy atom. The molecule has 0 fully saturated rings. The van der Waals surface area contributed by atoms with Crippen LogP contribution < -0.4 is 4.74 Å². The summed E-state index contributed by atoms with van der Waals surface area (Å²) in [5.41, 5.74) is 0.760. The van der Waals surface area contributed by atoms with Gasteiger partial charge in [-0.1, -0.05) is 13.8 Å². The van der Waals surface area contributed by atoms with Crippen LogP contribution in [0.2, 0.25) is 0 Å². The highest BCUT2D eigenvalue weighted by Crippen LogP contribution is 2.36. The van der Waals surface area contributed by atoms with E-state index in [9.17, 15) is 19.5 Å². The molecular weight excluding hydrogens is 354 g/mol. The van der Waals surface area contributed by atoms with Gasteiger partial charge >= 0.3 is 5.97 Å². The first kappa shape index (κ1) is 20.0. The number of thioether (sulfide) groups is 1. The number of ether oxygens (including phenoxy) is 1. The van der Waals surface area contributed by atoms with Crippen LogP contribution in [0.15, 0.2) is 35.4 Å². The molecule has 0 radical (unpaired) electrons. The van der Waals surface area contributed by atoms with Crippen LogP contribution in [0.25, 0.3) is 0 Å². The van der Waals surface area contributed by atoms with E-state index in [0.717, 1.165) is 0 Å². The lowest BCUT2D eigenvalue weighted by atomic mass is 9.98. The third-order valence-electron chi connectivity index (χ3n) is 4.08. The Hall–Kier alpha value is -2.28. The molecule has 1 amide bonds. The van der Waals surface area contributed by atoms with E-state index in [2.05, 4.69) is 0 Å². The van der Waals surface area contributed by atoms with Crippen LogP contribution in [-0.2, 0) is 9.59 Å². The summed E-state index contributed by atoms with van der Waals surface area (Å²) < 4.78 is 5.10. The van der Waals surface area contributed by atoms with Crippen LogP contribution in [0.1, 0.15) is 30.6 Å². The van der Waals surface area contributed by atoms with Crippen molar-refractivity contribution in [3.63, 3.8) is 0 Å². The molecule has 0 saturated heterocycles. The van der Waals surface area contributed by atoms with Gasteiger partial charge in [-0.2, -0.15) is 0 Å². The first-order valence-corrected chi connectivity index (χ1v) is 9.56.